The van der Waals surface area contributed by atoms with E-state index in [1.165, 1.54) is 10.9 Å². The number of benzene rings is 2. The first-order valence-corrected chi connectivity index (χ1v) is 8.16. The van der Waals surface area contributed by atoms with Crippen LogP contribution < -0.4 is 0 Å². The Kier molecular flexibility index (Phi) is 3.62. The Labute approximate surface area is 141 Å². The van der Waals surface area contributed by atoms with Crippen molar-refractivity contribution in [1.29, 1.82) is 0 Å². The van der Waals surface area contributed by atoms with Gasteiger partial charge in [0.1, 0.15) is 6.61 Å². The quantitative estimate of drug-likeness (QED) is 0.690. The van der Waals surface area contributed by atoms with Gasteiger partial charge in [-0.05, 0) is 54.9 Å². The zero-order valence-corrected chi connectivity index (χ0v) is 14.0. The van der Waals surface area contributed by atoms with Gasteiger partial charge in [-0.15, -0.1) is 0 Å². The molecule has 4 nitrogen and oxygen atoms in total. The summed E-state index contributed by atoms with van der Waals surface area (Å²) in [6.45, 7) is 2.35. The minimum atomic E-state index is -0.218. The van der Waals surface area contributed by atoms with Gasteiger partial charge in [-0.3, -0.25) is 0 Å². The number of fused-ring (bicyclic) bond motifs is 2. The fraction of sp³-hybridized carbons (Fsp3) is 0.250. The molecule has 2 heterocycles. The molecule has 1 aromatic heterocycles. The Morgan fingerprint density at radius 2 is 1.88 bits per heavy atom. The highest BCUT2D eigenvalue weighted by atomic mass is 16.5. The number of cyclic esters (lactones) is 1. The third-order valence-electron chi connectivity index (χ3n) is 4.58. The van der Waals surface area contributed by atoms with Crippen molar-refractivity contribution in [1.82, 2.24) is 9.47 Å². The maximum Gasteiger partial charge on any atom is 0.338 e. The van der Waals surface area contributed by atoms with Crippen molar-refractivity contribution >= 4 is 16.9 Å². The van der Waals surface area contributed by atoms with Gasteiger partial charge in [0, 0.05) is 30.4 Å². The maximum atomic E-state index is 11.6. The zero-order valence-electron chi connectivity index (χ0n) is 14.0. The molecule has 4 rings (SSSR count). The number of carbonyl (C=O) groups is 1. The van der Waals surface area contributed by atoms with Crippen LogP contribution in [0.5, 0.6) is 0 Å². The van der Waals surface area contributed by atoms with Crippen LogP contribution in [0.25, 0.3) is 22.0 Å². The van der Waals surface area contributed by atoms with E-state index < -0.39 is 0 Å². The minimum absolute atomic E-state index is 0.218. The second-order valence-electron chi connectivity index (χ2n) is 6.53. The lowest BCUT2D eigenvalue weighted by Crippen LogP contribution is -2.17. The third-order valence-corrected chi connectivity index (χ3v) is 4.58. The Bertz CT molecular complexity index is 925. The van der Waals surface area contributed by atoms with Gasteiger partial charge < -0.3 is 14.2 Å². The highest BCUT2D eigenvalue weighted by Crippen LogP contribution is 2.29. The van der Waals surface area contributed by atoms with E-state index in [2.05, 4.69) is 60.1 Å². The molecule has 1 aliphatic heterocycles. The number of nitrogens with zero attached hydrogens (tertiary/aromatic N) is 2. The minimum Gasteiger partial charge on any atom is -0.457 e. The van der Waals surface area contributed by atoms with Crippen LogP contribution >= 0.6 is 0 Å². The van der Waals surface area contributed by atoms with Crippen LogP contribution in [0.2, 0.25) is 0 Å². The largest absolute Gasteiger partial charge is 0.457 e. The standard InChI is InChI=1S/C20H20N2O2/c1-21(2)9-10-22-8-7-14-3-4-16(12-19(14)22)15-5-6-18-17(11-15)13-24-20(18)23/h3-8,11-12H,9-10,13H2,1-2H3. The van der Waals surface area contributed by atoms with Gasteiger partial charge in [0.15, 0.2) is 0 Å². The molecule has 0 fully saturated rings. The number of ether oxygens (including phenoxy) is 1. The highest BCUT2D eigenvalue weighted by molar-refractivity contribution is 5.94. The Hall–Kier alpha value is -2.59. The number of likely N-dealkylation sites (N-methyl/N-ethyl adjacent to an activating group) is 1. The smallest absolute Gasteiger partial charge is 0.338 e. The molecule has 24 heavy (non-hydrogen) atoms. The Morgan fingerprint density at radius 3 is 2.71 bits per heavy atom. The molecule has 0 spiro atoms. The van der Waals surface area contributed by atoms with E-state index in [0.29, 0.717) is 12.2 Å². The molecule has 0 atom stereocenters. The summed E-state index contributed by atoms with van der Waals surface area (Å²) < 4.78 is 7.39. The molecular weight excluding hydrogens is 300 g/mol. The van der Waals surface area contributed by atoms with E-state index in [4.69, 9.17) is 4.74 Å². The molecule has 0 unspecified atom stereocenters. The number of esters is 1. The van der Waals surface area contributed by atoms with Gasteiger partial charge >= 0.3 is 5.97 Å². The van der Waals surface area contributed by atoms with Gasteiger partial charge in [0.05, 0.1) is 5.56 Å². The third kappa shape index (κ3) is 2.59. The van der Waals surface area contributed by atoms with Gasteiger partial charge in [-0.25, -0.2) is 4.79 Å². The average molecular weight is 320 g/mol. The normalized spacial score (nSPS) is 13.5. The van der Waals surface area contributed by atoms with E-state index in [9.17, 15) is 4.79 Å². The van der Waals surface area contributed by atoms with E-state index in [0.717, 1.165) is 29.8 Å². The van der Waals surface area contributed by atoms with E-state index >= 15 is 0 Å². The summed E-state index contributed by atoms with van der Waals surface area (Å²) in [6, 6.07) is 14.6. The fourth-order valence-electron chi connectivity index (χ4n) is 3.18. The SMILES string of the molecule is CN(C)CCn1ccc2ccc(-c3ccc4c(c3)COC4=O)cc21. The first-order chi connectivity index (χ1) is 11.6. The monoisotopic (exact) mass is 320 g/mol. The Morgan fingerprint density at radius 1 is 1.08 bits per heavy atom. The molecule has 1 aliphatic rings. The summed E-state index contributed by atoms with van der Waals surface area (Å²) in [4.78, 5) is 13.8. The van der Waals surface area contributed by atoms with Crippen LogP contribution in [-0.2, 0) is 17.9 Å². The van der Waals surface area contributed by atoms with E-state index in [1.54, 1.807) is 0 Å². The molecule has 0 saturated carbocycles. The van der Waals surface area contributed by atoms with Crippen LogP contribution in [0, 0.1) is 0 Å². The van der Waals surface area contributed by atoms with Gasteiger partial charge in [-0.1, -0.05) is 18.2 Å². The predicted molar refractivity (Wildman–Crippen MR) is 95.0 cm³/mol. The number of carbonyl (C=O) groups excluding carboxylic acids is 1. The maximum absolute atomic E-state index is 11.6. The van der Waals surface area contributed by atoms with Gasteiger partial charge in [-0.2, -0.15) is 0 Å². The summed E-state index contributed by atoms with van der Waals surface area (Å²) in [6.07, 6.45) is 2.15. The van der Waals surface area contributed by atoms with Crippen molar-refractivity contribution in [3.63, 3.8) is 0 Å². The van der Waals surface area contributed by atoms with Crippen LogP contribution in [0.1, 0.15) is 15.9 Å². The van der Waals surface area contributed by atoms with Gasteiger partial charge in [0.25, 0.3) is 0 Å². The summed E-state index contributed by atoms with van der Waals surface area (Å²) in [5.74, 6) is -0.218. The van der Waals surface area contributed by atoms with Crippen LogP contribution in [-0.4, -0.2) is 36.1 Å². The van der Waals surface area contributed by atoms with E-state index in [-0.39, 0.29) is 5.97 Å². The Balaban J connectivity index is 1.72. The topological polar surface area (TPSA) is 34.5 Å². The molecule has 0 N–H and O–H groups in total. The molecule has 122 valence electrons. The molecule has 0 radical (unpaired) electrons. The number of rotatable bonds is 4. The number of hydrogen-bond donors (Lipinski definition) is 0. The van der Waals surface area contributed by atoms with Crippen molar-refractivity contribution in [3.05, 3.63) is 59.8 Å². The second-order valence-corrected chi connectivity index (χ2v) is 6.53. The molecule has 3 aromatic rings. The molecule has 0 bridgehead atoms. The first kappa shape index (κ1) is 15.0. The first-order valence-electron chi connectivity index (χ1n) is 8.16. The van der Waals surface area contributed by atoms with Crippen LogP contribution in [0.4, 0.5) is 0 Å². The van der Waals surface area contributed by atoms with Crippen molar-refractivity contribution in [2.24, 2.45) is 0 Å². The second kappa shape index (κ2) is 5.80. The summed E-state index contributed by atoms with van der Waals surface area (Å²) in [5, 5.41) is 1.25. The molecule has 0 aliphatic carbocycles. The van der Waals surface area contributed by atoms with Gasteiger partial charge in [0.2, 0.25) is 0 Å². The number of hydrogen-bond acceptors (Lipinski definition) is 3. The molecule has 4 heteroatoms. The van der Waals surface area contributed by atoms with Crippen molar-refractivity contribution in [3.8, 4) is 11.1 Å². The molecule has 0 amide bonds. The summed E-state index contributed by atoms with van der Waals surface area (Å²) in [5.41, 5.74) is 5.18. The van der Waals surface area contributed by atoms with Crippen molar-refractivity contribution in [2.45, 2.75) is 13.2 Å². The lowest BCUT2D eigenvalue weighted by Gasteiger charge is -2.12. The van der Waals surface area contributed by atoms with Crippen molar-refractivity contribution in [2.75, 3.05) is 20.6 Å². The lowest BCUT2D eigenvalue weighted by molar-refractivity contribution is 0.0535. The predicted octanol–water partition coefficient (Wildman–Crippen LogP) is 3.54. The lowest BCUT2D eigenvalue weighted by atomic mass is 9.99. The number of aromatic nitrogens is 1. The van der Waals surface area contributed by atoms with Crippen LogP contribution in [0.3, 0.4) is 0 Å². The van der Waals surface area contributed by atoms with E-state index in [1.807, 2.05) is 12.1 Å². The molecule has 2 aromatic carbocycles. The zero-order chi connectivity index (χ0) is 16.7. The highest BCUT2D eigenvalue weighted by Gasteiger charge is 2.21. The fourth-order valence-corrected chi connectivity index (χ4v) is 3.18. The summed E-state index contributed by atoms with van der Waals surface area (Å²) >= 11 is 0. The summed E-state index contributed by atoms with van der Waals surface area (Å²) in [7, 11) is 4.18. The molecule has 0 saturated heterocycles. The average Bonchev–Trinajstić information content (AvgIpc) is 3.16. The van der Waals surface area contributed by atoms with Crippen LogP contribution in [0.15, 0.2) is 48.7 Å². The molecular formula is C20H20N2O2. The van der Waals surface area contributed by atoms with Crippen molar-refractivity contribution < 1.29 is 9.53 Å².